The Morgan fingerprint density at radius 3 is 2.21 bits per heavy atom. The SMILES string of the molecule is O=CO.O=[N+]([O-])c1ccc(O)cc1O. The van der Waals surface area contributed by atoms with Gasteiger partial charge in [0.15, 0.2) is 5.75 Å². The number of hydrogen-bond donors (Lipinski definition) is 3. The van der Waals surface area contributed by atoms with E-state index < -0.39 is 16.4 Å². The normalized spacial score (nSPS) is 8.29. The molecule has 1 aromatic carbocycles. The van der Waals surface area contributed by atoms with Crippen molar-refractivity contribution in [3.63, 3.8) is 0 Å². The van der Waals surface area contributed by atoms with Gasteiger partial charge in [-0.3, -0.25) is 14.9 Å². The van der Waals surface area contributed by atoms with E-state index in [2.05, 4.69) is 0 Å². The number of nitro groups is 1. The molecule has 0 heterocycles. The van der Waals surface area contributed by atoms with Gasteiger partial charge in [-0.15, -0.1) is 0 Å². The average molecular weight is 201 g/mol. The van der Waals surface area contributed by atoms with Crippen LogP contribution in [0.3, 0.4) is 0 Å². The minimum atomic E-state index is -0.727. The van der Waals surface area contributed by atoms with Crippen LogP contribution in [0.1, 0.15) is 0 Å². The lowest BCUT2D eigenvalue weighted by atomic mass is 10.3. The van der Waals surface area contributed by atoms with Gasteiger partial charge in [0.2, 0.25) is 0 Å². The molecule has 0 unspecified atom stereocenters. The number of phenolic OH excluding ortho intramolecular Hbond substituents is 2. The van der Waals surface area contributed by atoms with Crippen LogP contribution in [0, 0.1) is 10.1 Å². The zero-order valence-corrected chi connectivity index (χ0v) is 6.82. The molecule has 0 bridgehead atoms. The highest BCUT2D eigenvalue weighted by molar-refractivity contribution is 5.48. The number of benzene rings is 1. The van der Waals surface area contributed by atoms with Gasteiger partial charge in [0.1, 0.15) is 5.75 Å². The minimum absolute atomic E-state index is 0.201. The number of aromatic hydroxyl groups is 2. The van der Waals surface area contributed by atoms with E-state index in [4.69, 9.17) is 20.1 Å². The van der Waals surface area contributed by atoms with E-state index in [9.17, 15) is 10.1 Å². The van der Waals surface area contributed by atoms with Crippen LogP contribution in [0.25, 0.3) is 0 Å². The summed E-state index contributed by atoms with van der Waals surface area (Å²) in [4.78, 5) is 17.7. The standard InChI is InChI=1S/C6H5NO4.CH2O2/c8-4-1-2-5(7(10)11)6(9)3-4;2-1-3/h1-3,8-9H;1H,(H,2,3). The summed E-state index contributed by atoms with van der Waals surface area (Å²) in [5.74, 6) is -0.733. The maximum absolute atomic E-state index is 10.1. The Balaban J connectivity index is 0.000000500. The Morgan fingerprint density at radius 2 is 1.86 bits per heavy atom. The fraction of sp³-hybridized carbons (Fsp3) is 0. The molecule has 0 saturated carbocycles. The molecular weight excluding hydrogens is 194 g/mol. The first kappa shape index (κ1) is 11.7. The molecule has 0 aromatic heterocycles. The van der Waals surface area contributed by atoms with Crippen molar-refractivity contribution in [3.8, 4) is 11.5 Å². The van der Waals surface area contributed by atoms with Gasteiger partial charge in [-0.2, -0.15) is 0 Å². The zero-order chi connectivity index (χ0) is 11.1. The molecule has 0 atom stereocenters. The van der Waals surface area contributed by atoms with E-state index in [1.165, 1.54) is 0 Å². The van der Waals surface area contributed by atoms with Crippen molar-refractivity contribution < 1.29 is 25.0 Å². The van der Waals surface area contributed by atoms with Gasteiger partial charge in [0.05, 0.1) is 4.92 Å². The number of phenols is 2. The van der Waals surface area contributed by atoms with Crippen LogP contribution in [-0.4, -0.2) is 26.7 Å². The molecule has 0 aliphatic carbocycles. The molecule has 0 aliphatic heterocycles. The Bertz CT molecular complexity index is 337. The summed E-state index contributed by atoms with van der Waals surface area (Å²) in [6, 6.07) is 3.08. The van der Waals surface area contributed by atoms with Crippen LogP contribution < -0.4 is 0 Å². The highest BCUT2D eigenvalue weighted by atomic mass is 16.6. The molecule has 7 nitrogen and oxygen atoms in total. The summed E-state index contributed by atoms with van der Waals surface area (Å²) < 4.78 is 0. The number of rotatable bonds is 1. The van der Waals surface area contributed by atoms with E-state index in [0.29, 0.717) is 0 Å². The van der Waals surface area contributed by atoms with Gasteiger partial charge in [0.25, 0.3) is 6.47 Å². The average Bonchev–Trinajstić information content (AvgIpc) is 2.04. The first-order valence-electron chi connectivity index (χ1n) is 3.27. The summed E-state index contributed by atoms with van der Waals surface area (Å²) in [6.07, 6.45) is 0. The summed E-state index contributed by atoms with van der Waals surface area (Å²) in [5, 5.41) is 34.6. The van der Waals surface area contributed by atoms with Gasteiger partial charge >= 0.3 is 5.69 Å². The number of carbonyl (C=O) groups is 1. The molecule has 0 saturated heterocycles. The predicted octanol–water partition coefficient (Wildman–Crippen LogP) is 0.707. The topological polar surface area (TPSA) is 121 Å². The molecule has 7 heteroatoms. The van der Waals surface area contributed by atoms with Crippen molar-refractivity contribution in [2.24, 2.45) is 0 Å². The number of carboxylic acid groups (broad SMARTS) is 1. The first-order chi connectivity index (χ1) is 6.52. The van der Waals surface area contributed by atoms with Crippen LogP contribution >= 0.6 is 0 Å². The third-order valence-corrected chi connectivity index (χ3v) is 1.16. The largest absolute Gasteiger partial charge is 0.508 e. The summed E-state index contributed by atoms with van der Waals surface area (Å²) >= 11 is 0. The molecule has 3 N–H and O–H groups in total. The molecule has 0 radical (unpaired) electrons. The number of hydrogen-bond acceptors (Lipinski definition) is 5. The second-order valence-corrected chi connectivity index (χ2v) is 2.04. The second-order valence-electron chi connectivity index (χ2n) is 2.04. The lowest BCUT2D eigenvalue weighted by Gasteiger charge is -1.94. The maximum atomic E-state index is 10.1. The van der Waals surface area contributed by atoms with Crippen molar-refractivity contribution in [2.75, 3.05) is 0 Å². The van der Waals surface area contributed by atoms with Crippen LogP contribution in [0.5, 0.6) is 11.5 Å². The summed E-state index contributed by atoms with van der Waals surface area (Å²) in [5.41, 5.74) is -0.414. The third-order valence-electron chi connectivity index (χ3n) is 1.16. The maximum Gasteiger partial charge on any atom is 0.310 e. The van der Waals surface area contributed by atoms with E-state index in [1.807, 2.05) is 0 Å². The molecule has 1 rings (SSSR count). The van der Waals surface area contributed by atoms with Crippen molar-refractivity contribution >= 4 is 12.2 Å². The van der Waals surface area contributed by atoms with Gasteiger partial charge in [-0.1, -0.05) is 0 Å². The Hall–Kier alpha value is -2.31. The van der Waals surface area contributed by atoms with Crippen LogP contribution in [0.15, 0.2) is 18.2 Å². The third kappa shape index (κ3) is 3.39. The molecule has 0 spiro atoms. The van der Waals surface area contributed by atoms with Crippen molar-refractivity contribution in [1.29, 1.82) is 0 Å². The van der Waals surface area contributed by atoms with E-state index in [1.54, 1.807) is 0 Å². The fourth-order valence-electron chi connectivity index (χ4n) is 0.666. The van der Waals surface area contributed by atoms with Crippen molar-refractivity contribution in [2.45, 2.75) is 0 Å². The molecular formula is C7H7NO6. The highest BCUT2D eigenvalue weighted by Crippen LogP contribution is 2.28. The molecule has 1 aromatic rings. The fourth-order valence-corrected chi connectivity index (χ4v) is 0.666. The molecule has 14 heavy (non-hydrogen) atoms. The van der Waals surface area contributed by atoms with E-state index in [-0.39, 0.29) is 12.2 Å². The summed E-state index contributed by atoms with van der Waals surface area (Å²) in [6.45, 7) is -0.250. The zero-order valence-electron chi connectivity index (χ0n) is 6.82. The molecule has 0 amide bonds. The van der Waals surface area contributed by atoms with E-state index in [0.717, 1.165) is 18.2 Å². The highest BCUT2D eigenvalue weighted by Gasteiger charge is 2.11. The predicted molar refractivity (Wildman–Crippen MR) is 45.1 cm³/mol. The van der Waals surface area contributed by atoms with Crippen LogP contribution in [0.4, 0.5) is 5.69 Å². The quantitative estimate of drug-likeness (QED) is 0.349. The first-order valence-corrected chi connectivity index (χ1v) is 3.27. The lowest BCUT2D eigenvalue weighted by Crippen LogP contribution is -1.87. The van der Waals surface area contributed by atoms with Gasteiger partial charge in [0, 0.05) is 12.1 Å². The van der Waals surface area contributed by atoms with Crippen LogP contribution in [0.2, 0.25) is 0 Å². The Labute approximate surface area is 78.0 Å². The van der Waals surface area contributed by atoms with Crippen molar-refractivity contribution in [3.05, 3.63) is 28.3 Å². The number of nitrogens with zero attached hydrogens (tertiary/aromatic N) is 1. The molecule has 0 fully saturated rings. The van der Waals surface area contributed by atoms with Gasteiger partial charge in [-0.25, -0.2) is 0 Å². The van der Waals surface area contributed by atoms with Gasteiger partial charge < -0.3 is 15.3 Å². The monoisotopic (exact) mass is 201 g/mol. The molecule has 76 valence electrons. The Morgan fingerprint density at radius 1 is 1.36 bits per heavy atom. The van der Waals surface area contributed by atoms with Crippen LogP contribution in [-0.2, 0) is 4.79 Å². The summed E-state index contributed by atoms with van der Waals surface area (Å²) in [7, 11) is 0. The van der Waals surface area contributed by atoms with E-state index >= 15 is 0 Å². The number of nitro benzene ring substituents is 1. The smallest absolute Gasteiger partial charge is 0.310 e. The second kappa shape index (κ2) is 5.36. The minimum Gasteiger partial charge on any atom is -0.508 e. The van der Waals surface area contributed by atoms with Gasteiger partial charge in [-0.05, 0) is 6.07 Å². The van der Waals surface area contributed by atoms with Crippen molar-refractivity contribution in [1.82, 2.24) is 0 Å². The molecule has 0 aliphatic rings. The Kier molecular flexibility index (Phi) is 4.47. The lowest BCUT2D eigenvalue weighted by molar-refractivity contribution is -0.385.